The molecule has 92 valence electrons. The molecule has 1 unspecified atom stereocenters. The van der Waals surface area contributed by atoms with Gasteiger partial charge in [-0.2, -0.15) is 0 Å². The van der Waals surface area contributed by atoms with Crippen LogP contribution in [0, 0.1) is 10.5 Å². The molecule has 0 radical (unpaired) electrons. The molecule has 3 rings (SSSR count). The van der Waals surface area contributed by atoms with Crippen LogP contribution in [0.5, 0.6) is 5.75 Å². The third-order valence-electron chi connectivity index (χ3n) is 3.00. The van der Waals surface area contributed by atoms with Gasteiger partial charge in [0.05, 0.1) is 9.26 Å². The highest BCUT2D eigenvalue weighted by atomic mass is 127. The molecule has 0 bridgehead atoms. The molecule has 0 aliphatic carbocycles. The topological polar surface area (TPSA) is 55.0 Å². The fraction of sp³-hybridized carbons (Fsp3) is 0.231. The minimum absolute atomic E-state index is 0.0994. The third-order valence-corrected chi connectivity index (χ3v) is 4.27. The summed E-state index contributed by atoms with van der Waals surface area (Å²) >= 11 is 2.00. The molecule has 1 aliphatic rings. The summed E-state index contributed by atoms with van der Waals surface area (Å²) in [5.41, 5.74) is 1.80. The van der Waals surface area contributed by atoms with Crippen LogP contribution in [0.1, 0.15) is 23.2 Å². The number of nitrogens with one attached hydrogen (secondary N) is 1. The second-order valence-electron chi connectivity index (χ2n) is 4.27. The quantitative estimate of drug-likeness (QED) is 0.800. The highest BCUT2D eigenvalue weighted by Crippen LogP contribution is 2.34. The van der Waals surface area contributed by atoms with Gasteiger partial charge in [-0.15, -0.1) is 0 Å². The zero-order valence-electron chi connectivity index (χ0n) is 9.74. The first kappa shape index (κ1) is 11.7. The summed E-state index contributed by atoms with van der Waals surface area (Å²) in [5.74, 6) is 1.48. The van der Waals surface area contributed by atoms with E-state index in [4.69, 9.17) is 4.74 Å². The molecule has 0 spiro atoms. The minimum atomic E-state index is -0.189. The normalized spacial score (nSPS) is 17.3. The molecule has 0 fully saturated rings. The van der Waals surface area contributed by atoms with Crippen molar-refractivity contribution in [2.24, 2.45) is 0 Å². The number of aromatic nitrogens is 2. The number of halogens is 1. The number of fused-ring (bicyclic) bond motifs is 1. The zero-order valence-corrected chi connectivity index (χ0v) is 11.9. The van der Waals surface area contributed by atoms with Crippen molar-refractivity contribution >= 4 is 22.6 Å². The Balaban J connectivity index is 1.98. The van der Waals surface area contributed by atoms with E-state index < -0.39 is 0 Å². The van der Waals surface area contributed by atoms with Crippen LogP contribution in [-0.4, -0.2) is 9.97 Å². The fourth-order valence-electron chi connectivity index (χ4n) is 2.08. The number of hydrogen-bond acceptors (Lipinski definition) is 3. The summed E-state index contributed by atoms with van der Waals surface area (Å²) < 4.78 is 6.44. The van der Waals surface area contributed by atoms with Gasteiger partial charge in [0.25, 0.3) is 5.56 Å². The van der Waals surface area contributed by atoms with E-state index in [0.29, 0.717) is 9.39 Å². The van der Waals surface area contributed by atoms with Crippen molar-refractivity contribution in [2.45, 2.75) is 19.4 Å². The van der Waals surface area contributed by atoms with Crippen molar-refractivity contribution in [1.82, 2.24) is 9.97 Å². The third kappa shape index (κ3) is 1.92. The van der Waals surface area contributed by atoms with Crippen LogP contribution in [0.15, 0.2) is 29.1 Å². The lowest BCUT2D eigenvalue weighted by molar-refractivity contribution is 0.226. The minimum Gasteiger partial charge on any atom is -0.482 e. The monoisotopic (exact) mass is 354 g/mol. The number of aromatic amines is 1. The number of nitrogens with zero attached hydrogens (tertiary/aromatic N) is 1. The first-order chi connectivity index (χ1) is 8.65. The van der Waals surface area contributed by atoms with E-state index in [1.165, 1.54) is 0 Å². The molecule has 1 aromatic carbocycles. The van der Waals surface area contributed by atoms with Gasteiger partial charge in [-0.25, -0.2) is 4.98 Å². The number of para-hydroxylation sites is 1. The summed E-state index contributed by atoms with van der Waals surface area (Å²) in [7, 11) is 0. The van der Waals surface area contributed by atoms with E-state index >= 15 is 0 Å². The van der Waals surface area contributed by atoms with E-state index in [9.17, 15) is 4.79 Å². The molecular weight excluding hydrogens is 343 g/mol. The molecule has 18 heavy (non-hydrogen) atoms. The van der Waals surface area contributed by atoms with E-state index in [-0.39, 0.29) is 11.7 Å². The Hall–Kier alpha value is -1.37. The van der Waals surface area contributed by atoms with E-state index in [0.717, 1.165) is 23.4 Å². The van der Waals surface area contributed by atoms with Crippen molar-refractivity contribution in [3.05, 3.63) is 55.3 Å². The average Bonchev–Trinajstić information content (AvgIpc) is 2.79. The lowest BCUT2D eigenvalue weighted by Crippen LogP contribution is -2.20. The van der Waals surface area contributed by atoms with Crippen LogP contribution in [0.2, 0.25) is 0 Å². The first-order valence-corrected chi connectivity index (χ1v) is 6.74. The van der Waals surface area contributed by atoms with E-state index in [1.54, 1.807) is 0 Å². The molecule has 1 atom stereocenters. The SMILES string of the molecule is Cc1nc(C2Cc3ccccc3O2)[nH]c(=O)c1I. The maximum Gasteiger partial charge on any atom is 0.264 e. The number of benzene rings is 1. The largest absolute Gasteiger partial charge is 0.482 e. The second-order valence-corrected chi connectivity index (χ2v) is 5.35. The molecule has 0 saturated heterocycles. The lowest BCUT2D eigenvalue weighted by atomic mass is 10.1. The Morgan fingerprint density at radius 2 is 2.22 bits per heavy atom. The van der Waals surface area contributed by atoms with E-state index in [2.05, 4.69) is 9.97 Å². The molecule has 2 heterocycles. The Bertz CT molecular complexity index is 641. The van der Waals surface area contributed by atoms with Gasteiger partial charge in [0, 0.05) is 6.42 Å². The molecule has 1 N–H and O–H groups in total. The molecule has 0 saturated carbocycles. The predicted octanol–water partition coefficient (Wildman–Crippen LogP) is 2.36. The van der Waals surface area contributed by atoms with Crippen molar-refractivity contribution in [2.75, 3.05) is 0 Å². The molecular formula is C13H11IN2O2. The Morgan fingerprint density at radius 1 is 1.44 bits per heavy atom. The summed E-state index contributed by atoms with van der Waals surface area (Å²) in [4.78, 5) is 18.9. The Labute approximate surface area is 118 Å². The molecule has 5 heteroatoms. The average molecular weight is 354 g/mol. The molecule has 1 aliphatic heterocycles. The maximum atomic E-state index is 11.7. The highest BCUT2D eigenvalue weighted by Gasteiger charge is 2.26. The summed E-state index contributed by atoms with van der Waals surface area (Å²) in [6.07, 6.45) is 0.560. The molecule has 2 aromatic rings. The van der Waals surface area contributed by atoms with Crippen LogP contribution in [0.3, 0.4) is 0 Å². The first-order valence-electron chi connectivity index (χ1n) is 5.66. The number of aryl methyl sites for hydroxylation is 1. The fourth-order valence-corrected chi connectivity index (χ4v) is 2.34. The van der Waals surface area contributed by atoms with Crippen molar-refractivity contribution in [1.29, 1.82) is 0 Å². The van der Waals surface area contributed by atoms with Gasteiger partial charge < -0.3 is 9.72 Å². The second kappa shape index (κ2) is 4.38. The maximum absolute atomic E-state index is 11.7. The zero-order chi connectivity index (χ0) is 12.7. The van der Waals surface area contributed by atoms with Crippen molar-refractivity contribution < 1.29 is 4.74 Å². The van der Waals surface area contributed by atoms with Crippen molar-refractivity contribution in [3.8, 4) is 5.75 Å². The lowest BCUT2D eigenvalue weighted by Gasteiger charge is -2.10. The highest BCUT2D eigenvalue weighted by molar-refractivity contribution is 14.1. The summed E-state index contributed by atoms with van der Waals surface area (Å²) in [6, 6.07) is 7.90. The molecule has 1 aromatic heterocycles. The number of ether oxygens (including phenoxy) is 1. The van der Waals surface area contributed by atoms with Crippen molar-refractivity contribution in [3.63, 3.8) is 0 Å². The van der Waals surface area contributed by atoms with Crippen LogP contribution >= 0.6 is 22.6 Å². The van der Waals surface area contributed by atoms with Crippen LogP contribution in [0.4, 0.5) is 0 Å². The van der Waals surface area contributed by atoms with Gasteiger partial charge in [-0.3, -0.25) is 4.79 Å². The van der Waals surface area contributed by atoms with E-state index in [1.807, 2.05) is 53.8 Å². The van der Waals surface area contributed by atoms with Gasteiger partial charge in [0.15, 0.2) is 11.9 Å². The van der Waals surface area contributed by atoms with Crippen LogP contribution in [-0.2, 0) is 6.42 Å². The van der Waals surface area contributed by atoms with Gasteiger partial charge in [-0.1, -0.05) is 18.2 Å². The van der Waals surface area contributed by atoms with Crippen LogP contribution < -0.4 is 10.3 Å². The number of H-pyrrole nitrogens is 1. The van der Waals surface area contributed by atoms with Gasteiger partial charge in [0.1, 0.15) is 5.75 Å². The standard InChI is InChI=1S/C13H11IN2O2/c1-7-11(14)13(17)16-12(15-7)10-6-8-4-2-3-5-9(8)18-10/h2-5,10H,6H2,1H3,(H,15,16,17). The Morgan fingerprint density at radius 3 is 2.94 bits per heavy atom. The Kier molecular flexibility index (Phi) is 2.85. The van der Waals surface area contributed by atoms with Gasteiger partial charge >= 0.3 is 0 Å². The number of rotatable bonds is 1. The van der Waals surface area contributed by atoms with Gasteiger partial charge in [-0.05, 0) is 41.1 Å². The summed E-state index contributed by atoms with van der Waals surface area (Å²) in [5, 5.41) is 0. The van der Waals surface area contributed by atoms with Gasteiger partial charge in [0.2, 0.25) is 0 Å². The number of hydrogen-bond donors (Lipinski definition) is 1. The molecule has 0 amide bonds. The summed E-state index contributed by atoms with van der Waals surface area (Å²) in [6.45, 7) is 1.84. The molecule has 4 nitrogen and oxygen atoms in total. The smallest absolute Gasteiger partial charge is 0.264 e. The predicted molar refractivity (Wildman–Crippen MR) is 75.8 cm³/mol. The van der Waals surface area contributed by atoms with Crippen LogP contribution in [0.25, 0.3) is 0 Å².